The maximum atomic E-state index is 11.5. The van der Waals surface area contributed by atoms with Crippen molar-refractivity contribution in [2.24, 2.45) is 11.8 Å². The van der Waals surface area contributed by atoms with Gasteiger partial charge in [-0.1, -0.05) is 27.7 Å². The molecule has 4 nitrogen and oxygen atoms in total. The fourth-order valence-corrected chi connectivity index (χ4v) is 2.00. The molecule has 1 amide bonds. The molecular formula is C17H36N2O2. The van der Waals surface area contributed by atoms with Gasteiger partial charge in [0.1, 0.15) is 5.78 Å². The lowest BCUT2D eigenvalue weighted by Gasteiger charge is -2.16. The van der Waals surface area contributed by atoms with Gasteiger partial charge in [0.05, 0.1) is 0 Å². The van der Waals surface area contributed by atoms with Crippen molar-refractivity contribution >= 4 is 11.7 Å². The summed E-state index contributed by atoms with van der Waals surface area (Å²) >= 11 is 0. The molecule has 0 rings (SSSR count). The van der Waals surface area contributed by atoms with Gasteiger partial charge >= 0.3 is 0 Å². The van der Waals surface area contributed by atoms with Crippen molar-refractivity contribution in [2.45, 2.75) is 59.8 Å². The van der Waals surface area contributed by atoms with Crippen LogP contribution in [0.15, 0.2) is 0 Å². The molecular weight excluding hydrogens is 264 g/mol. The monoisotopic (exact) mass is 300 g/mol. The molecule has 4 heteroatoms. The summed E-state index contributed by atoms with van der Waals surface area (Å²) in [6.07, 6.45) is 4.91. The Kier molecular flexibility index (Phi) is 11.2. The molecule has 0 atom stereocenters. The number of unbranched alkanes of at least 4 members (excludes halogenated alkanes) is 2. The number of carbonyl (C=O) groups is 2. The zero-order valence-corrected chi connectivity index (χ0v) is 14.6. The van der Waals surface area contributed by atoms with Crippen LogP contribution in [0, 0.1) is 11.8 Å². The highest BCUT2D eigenvalue weighted by atomic mass is 16.1. The number of amides is 1. The Balaban J connectivity index is 0. The second kappa shape index (κ2) is 11.7. The largest absolute Gasteiger partial charge is 0.356 e. The number of ketones is 1. The van der Waals surface area contributed by atoms with E-state index in [1.807, 2.05) is 27.7 Å². The zero-order valence-electron chi connectivity index (χ0n) is 14.6. The molecule has 21 heavy (non-hydrogen) atoms. The summed E-state index contributed by atoms with van der Waals surface area (Å²) < 4.78 is 0. The number of Topliss-reactive ketones (excluding diaryl/α,β-unsaturated/α-hetero) is 1. The molecule has 0 radical (unpaired) electrons. The lowest BCUT2D eigenvalue weighted by atomic mass is 10.0. The summed E-state index contributed by atoms with van der Waals surface area (Å²) in [5.74, 6) is 0.752. The quantitative estimate of drug-likeness (QED) is 0.563. The Bertz CT molecular complexity index is 307. The van der Waals surface area contributed by atoms with E-state index in [1.165, 1.54) is 0 Å². The Morgan fingerprint density at radius 2 is 1.52 bits per heavy atom. The van der Waals surface area contributed by atoms with Crippen LogP contribution < -0.4 is 5.32 Å². The number of nitrogens with one attached hydrogen (secondary N) is 1. The van der Waals surface area contributed by atoms with Crippen LogP contribution in [0.2, 0.25) is 0 Å². The van der Waals surface area contributed by atoms with Crippen molar-refractivity contribution in [1.29, 1.82) is 0 Å². The minimum absolute atomic E-state index is 0. The highest BCUT2D eigenvalue weighted by Crippen LogP contribution is 2.05. The summed E-state index contributed by atoms with van der Waals surface area (Å²) in [4.78, 5) is 25.2. The van der Waals surface area contributed by atoms with Crippen molar-refractivity contribution < 1.29 is 11.0 Å². The standard InChI is InChI=1S/C17H34N2O2.H2/c1-14(2)16(20)10-6-8-12-19(5)13-9-7-11-18-17(21)15(3)4;/h14-15H,6-13H2,1-5H3,(H,18,21);1H. The normalized spacial score (nSPS) is 11.4. The summed E-state index contributed by atoms with van der Waals surface area (Å²) in [6, 6.07) is 0. The SMILES string of the molecule is CC(C)C(=O)CCCCN(C)CCCCNC(=O)C(C)C.[HH]. The van der Waals surface area contributed by atoms with Crippen molar-refractivity contribution in [3.05, 3.63) is 0 Å². The molecule has 0 aromatic carbocycles. The van der Waals surface area contributed by atoms with Crippen LogP contribution >= 0.6 is 0 Å². The lowest BCUT2D eigenvalue weighted by Crippen LogP contribution is -2.29. The van der Waals surface area contributed by atoms with Crippen LogP contribution in [0.3, 0.4) is 0 Å². The van der Waals surface area contributed by atoms with Crippen molar-refractivity contribution in [3.8, 4) is 0 Å². The van der Waals surface area contributed by atoms with E-state index < -0.39 is 0 Å². The van der Waals surface area contributed by atoms with E-state index in [4.69, 9.17) is 0 Å². The Morgan fingerprint density at radius 1 is 0.952 bits per heavy atom. The van der Waals surface area contributed by atoms with Gasteiger partial charge in [0.25, 0.3) is 0 Å². The van der Waals surface area contributed by atoms with Gasteiger partial charge in [-0.05, 0) is 45.8 Å². The van der Waals surface area contributed by atoms with E-state index in [-0.39, 0.29) is 19.2 Å². The fourth-order valence-electron chi connectivity index (χ4n) is 2.00. The van der Waals surface area contributed by atoms with Crippen LogP contribution in [0.1, 0.15) is 61.2 Å². The molecule has 0 heterocycles. The van der Waals surface area contributed by atoms with Gasteiger partial charge in [-0.3, -0.25) is 9.59 Å². The van der Waals surface area contributed by atoms with E-state index >= 15 is 0 Å². The van der Waals surface area contributed by atoms with Crippen LogP contribution in [-0.4, -0.2) is 43.3 Å². The van der Waals surface area contributed by atoms with Crippen molar-refractivity contribution in [3.63, 3.8) is 0 Å². The molecule has 0 aliphatic heterocycles. The first-order chi connectivity index (χ1) is 9.84. The zero-order chi connectivity index (χ0) is 16.3. The minimum Gasteiger partial charge on any atom is -0.356 e. The first-order valence-corrected chi connectivity index (χ1v) is 8.33. The molecule has 0 aliphatic carbocycles. The molecule has 0 saturated carbocycles. The van der Waals surface area contributed by atoms with E-state index in [2.05, 4.69) is 17.3 Å². The van der Waals surface area contributed by atoms with Crippen LogP contribution in [0.4, 0.5) is 0 Å². The van der Waals surface area contributed by atoms with E-state index in [0.717, 1.165) is 45.3 Å². The first kappa shape index (κ1) is 20.1. The first-order valence-electron chi connectivity index (χ1n) is 8.33. The van der Waals surface area contributed by atoms with E-state index in [0.29, 0.717) is 12.2 Å². The molecule has 1 N–H and O–H groups in total. The number of rotatable bonds is 12. The summed E-state index contributed by atoms with van der Waals surface area (Å²) in [5.41, 5.74) is 0. The van der Waals surface area contributed by atoms with Gasteiger partial charge in [-0.2, -0.15) is 0 Å². The summed E-state index contributed by atoms with van der Waals surface area (Å²) in [7, 11) is 2.12. The predicted octanol–water partition coefficient (Wildman–Crippen LogP) is 3.11. The third-order valence-corrected chi connectivity index (χ3v) is 3.65. The predicted molar refractivity (Wildman–Crippen MR) is 90.4 cm³/mol. The Labute approximate surface area is 132 Å². The maximum absolute atomic E-state index is 11.5. The number of carbonyl (C=O) groups excluding carboxylic acids is 2. The highest BCUT2D eigenvalue weighted by Gasteiger charge is 2.07. The molecule has 0 fully saturated rings. The summed E-state index contributed by atoms with van der Waals surface area (Å²) in [5, 5.41) is 2.94. The smallest absolute Gasteiger partial charge is 0.222 e. The molecule has 126 valence electrons. The Morgan fingerprint density at radius 3 is 2.05 bits per heavy atom. The van der Waals surface area contributed by atoms with Gasteiger partial charge in [0.15, 0.2) is 0 Å². The molecule has 0 saturated heterocycles. The maximum Gasteiger partial charge on any atom is 0.222 e. The van der Waals surface area contributed by atoms with Crippen LogP contribution in [0.5, 0.6) is 0 Å². The average molecular weight is 300 g/mol. The number of hydrogen-bond donors (Lipinski definition) is 1. The summed E-state index contributed by atoms with van der Waals surface area (Å²) in [6.45, 7) is 10.6. The van der Waals surface area contributed by atoms with Gasteiger partial charge in [-0.25, -0.2) is 0 Å². The molecule has 0 aromatic heterocycles. The molecule has 0 unspecified atom stereocenters. The van der Waals surface area contributed by atoms with E-state index in [1.54, 1.807) is 0 Å². The van der Waals surface area contributed by atoms with Crippen molar-refractivity contribution in [2.75, 3.05) is 26.7 Å². The van der Waals surface area contributed by atoms with E-state index in [9.17, 15) is 9.59 Å². The number of hydrogen-bond acceptors (Lipinski definition) is 3. The third-order valence-electron chi connectivity index (χ3n) is 3.65. The second-order valence-electron chi connectivity index (χ2n) is 6.53. The lowest BCUT2D eigenvalue weighted by molar-refractivity contribution is -0.124. The topological polar surface area (TPSA) is 49.4 Å². The van der Waals surface area contributed by atoms with Crippen LogP contribution in [0.25, 0.3) is 0 Å². The average Bonchev–Trinajstić information content (AvgIpc) is 2.42. The van der Waals surface area contributed by atoms with Gasteiger partial charge in [0, 0.05) is 26.2 Å². The Hall–Kier alpha value is -0.900. The van der Waals surface area contributed by atoms with Gasteiger partial charge < -0.3 is 10.2 Å². The molecule has 0 spiro atoms. The van der Waals surface area contributed by atoms with Gasteiger partial charge in [0.2, 0.25) is 5.91 Å². The number of nitrogens with zero attached hydrogens (tertiary/aromatic N) is 1. The molecule has 0 aliphatic rings. The van der Waals surface area contributed by atoms with Crippen molar-refractivity contribution in [1.82, 2.24) is 10.2 Å². The third kappa shape index (κ3) is 11.4. The van der Waals surface area contributed by atoms with Crippen LogP contribution in [-0.2, 0) is 9.59 Å². The second-order valence-corrected chi connectivity index (χ2v) is 6.53. The molecule has 0 aromatic rings. The van der Waals surface area contributed by atoms with Gasteiger partial charge in [-0.15, -0.1) is 0 Å². The minimum atomic E-state index is 0. The fraction of sp³-hybridized carbons (Fsp3) is 0.882. The molecule has 0 bridgehead atoms. The highest BCUT2D eigenvalue weighted by molar-refractivity contribution is 5.80.